The highest BCUT2D eigenvalue weighted by Crippen LogP contribution is 2.26. The van der Waals surface area contributed by atoms with Crippen LogP contribution in [-0.2, 0) is 17.9 Å². The number of carbonyl (C=O) groups is 1. The number of carboxylic acid groups (broad SMARTS) is 1. The van der Waals surface area contributed by atoms with E-state index in [4.69, 9.17) is 16.7 Å². The third kappa shape index (κ3) is 3.70. The van der Waals surface area contributed by atoms with Crippen LogP contribution in [0.25, 0.3) is 11.4 Å². The van der Waals surface area contributed by atoms with E-state index in [0.717, 1.165) is 23.1 Å². The van der Waals surface area contributed by atoms with Gasteiger partial charge in [0.1, 0.15) is 6.54 Å². The van der Waals surface area contributed by atoms with E-state index in [1.807, 2.05) is 0 Å². The van der Waals surface area contributed by atoms with Gasteiger partial charge >= 0.3 is 11.7 Å². The van der Waals surface area contributed by atoms with Gasteiger partial charge in [0.15, 0.2) is 5.82 Å². The zero-order valence-corrected chi connectivity index (χ0v) is 14.1. The molecule has 1 aliphatic carbocycles. The van der Waals surface area contributed by atoms with Crippen LogP contribution >= 0.6 is 11.6 Å². The molecule has 0 radical (unpaired) electrons. The topological polar surface area (TPSA) is 77.1 Å². The summed E-state index contributed by atoms with van der Waals surface area (Å²) < 4.78 is 2.64. The molecular formula is C17H20ClN3O3. The molecule has 1 aliphatic rings. The number of halogens is 1. The van der Waals surface area contributed by atoms with Gasteiger partial charge in [-0.15, -0.1) is 5.10 Å². The van der Waals surface area contributed by atoms with Crippen LogP contribution in [-0.4, -0.2) is 25.4 Å². The molecule has 7 heteroatoms. The minimum absolute atomic E-state index is 0.368. The average molecular weight is 350 g/mol. The fraction of sp³-hybridized carbons (Fsp3) is 0.471. The van der Waals surface area contributed by atoms with E-state index in [2.05, 4.69) is 5.10 Å². The zero-order valence-electron chi connectivity index (χ0n) is 13.3. The van der Waals surface area contributed by atoms with Crippen molar-refractivity contribution in [2.75, 3.05) is 0 Å². The van der Waals surface area contributed by atoms with E-state index in [-0.39, 0.29) is 5.69 Å². The van der Waals surface area contributed by atoms with Gasteiger partial charge in [-0.3, -0.25) is 9.36 Å². The lowest BCUT2D eigenvalue weighted by Crippen LogP contribution is -2.30. The quantitative estimate of drug-likeness (QED) is 0.900. The largest absolute Gasteiger partial charge is 0.480 e. The van der Waals surface area contributed by atoms with E-state index in [1.54, 1.807) is 28.8 Å². The van der Waals surface area contributed by atoms with Crippen LogP contribution in [0, 0.1) is 5.92 Å². The van der Waals surface area contributed by atoms with Crippen molar-refractivity contribution >= 4 is 17.6 Å². The smallest absolute Gasteiger partial charge is 0.346 e. The molecule has 0 unspecified atom stereocenters. The van der Waals surface area contributed by atoms with E-state index < -0.39 is 12.5 Å². The molecule has 1 aromatic heterocycles. The Balaban J connectivity index is 1.99. The number of aromatic nitrogens is 3. The van der Waals surface area contributed by atoms with E-state index >= 15 is 0 Å². The molecule has 6 nitrogen and oxygen atoms in total. The summed E-state index contributed by atoms with van der Waals surface area (Å²) in [5, 5.41) is 13.9. The van der Waals surface area contributed by atoms with Gasteiger partial charge in [0, 0.05) is 17.1 Å². The summed E-state index contributed by atoms with van der Waals surface area (Å²) in [4.78, 5) is 23.6. The molecule has 3 rings (SSSR count). The minimum Gasteiger partial charge on any atom is -0.480 e. The molecule has 1 heterocycles. The number of hydrogen-bond donors (Lipinski definition) is 1. The summed E-state index contributed by atoms with van der Waals surface area (Å²) >= 11 is 5.93. The van der Waals surface area contributed by atoms with Crippen LogP contribution in [0.1, 0.15) is 32.1 Å². The molecular weight excluding hydrogens is 330 g/mol. The molecule has 0 saturated heterocycles. The van der Waals surface area contributed by atoms with Gasteiger partial charge < -0.3 is 5.11 Å². The highest BCUT2D eigenvalue weighted by atomic mass is 35.5. The van der Waals surface area contributed by atoms with Gasteiger partial charge in [-0.1, -0.05) is 30.9 Å². The third-order valence-corrected chi connectivity index (χ3v) is 4.73. The predicted octanol–water partition coefficient (Wildman–Crippen LogP) is 3.03. The first-order valence-electron chi connectivity index (χ1n) is 8.20. The summed E-state index contributed by atoms with van der Waals surface area (Å²) in [6.45, 7) is 0.146. The van der Waals surface area contributed by atoms with Crippen molar-refractivity contribution in [1.29, 1.82) is 0 Å². The van der Waals surface area contributed by atoms with Gasteiger partial charge in [-0.25, -0.2) is 9.48 Å². The van der Waals surface area contributed by atoms with Crippen molar-refractivity contribution in [3.63, 3.8) is 0 Å². The maximum absolute atomic E-state index is 12.6. The van der Waals surface area contributed by atoms with Gasteiger partial charge in [0.05, 0.1) is 0 Å². The number of carboxylic acids is 1. The monoisotopic (exact) mass is 349 g/mol. The van der Waals surface area contributed by atoms with Gasteiger partial charge in [0.2, 0.25) is 0 Å². The lowest BCUT2D eigenvalue weighted by Gasteiger charge is -2.22. The maximum atomic E-state index is 12.6. The van der Waals surface area contributed by atoms with Gasteiger partial charge in [0.25, 0.3) is 0 Å². The Labute approximate surface area is 144 Å². The van der Waals surface area contributed by atoms with Gasteiger partial charge in [-0.2, -0.15) is 0 Å². The summed E-state index contributed by atoms with van der Waals surface area (Å²) in [6.07, 6.45) is 5.79. The molecule has 0 aliphatic heterocycles. The van der Waals surface area contributed by atoms with Crippen molar-refractivity contribution in [3.8, 4) is 11.4 Å². The first kappa shape index (κ1) is 16.8. The molecule has 0 atom stereocenters. The Kier molecular flexibility index (Phi) is 5.04. The van der Waals surface area contributed by atoms with Crippen molar-refractivity contribution in [2.24, 2.45) is 5.92 Å². The second-order valence-corrected chi connectivity index (χ2v) is 6.72. The Morgan fingerprint density at radius 3 is 2.50 bits per heavy atom. The molecule has 0 bridgehead atoms. The highest BCUT2D eigenvalue weighted by molar-refractivity contribution is 6.30. The fourth-order valence-corrected chi connectivity index (χ4v) is 3.40. The van der Waals surface area contributed by atoms with Crippen LogP contribution < -0.4 is 5.69 Å². The third-order valence-electron chi connectivity index (χ3n) is 4.48. The fourth-order valence-electron chi connectivity index (χ4n) is 3.28. The van der Waals surface area contributed by atoms with Crippen LogP contribution in [0.3, 0.4) is 0 Å². The molecule has 1 fully saturated rings. The maximum Gasteiger partial charge on any atom is 0.346 e. The lowest BCUT2D eigenvalue weighted by atomic mass is 9.89. The number of hydrogen-bond acceptors (Lipinski definition) is 3. The van der Waals surface area contributed by atoms with E-state index in [0.29, 0.717) is 23.3 Å². The first-order chi connectivity index (χ1) is 11.5. The molecule has 1 saturated carbocycles. The Hall–Kier alpha value is -2.08. The summed E-state index contributed by atoms with van der Waals surface area (Å²) in [5.74, 6) is -0.143. The molecule has 0 amide bonds. The zero-order chi connectivity index (χ0) is 17.1. The molecule has 128 valence electrons. The number of benzene rings is 1. The molecule has 2 aromatic rings. The number of rotatable bonds is 5. The molecule has 0 spiro atoms. The highest BCUT2D eigenvalue weighted by Gasteiger charge is 2.21. The van der Waals surface area contributed by atoms with Crippen molar-refractivity contribution in [2.45, 2.75) is 45.2 Å². The van der Waals surface area contributed by atoms with Crippen LogP contribution in [0.5, 0.6) is 0 Å². The average Bonchev–Trinajstić information content (AvgIpc) is 2.85. The first-order valence-corrected chi connectivity index (χ1v) is 8.58. The summed E-state index contributed by atoms with van der Waals surface area (Å²) in [5.41, 5.74) is 0.393. The van der Waals surface area contributed by atoms with Crippen LogP contribution in [0.15, 0.2) is 29.1 Å². The molecule has 24 heavy (non-hydrogen) atoms. The number of nitrogens with zero attached hydrogens (tertiary/aromatic N) is 3. The minimum atomic E-state index is -1.08. The van der Waals surface area contributed by atoms with Crippen molar-refractivity contribution in [3.05, 3.63) is 39.8 Å². The van der Waals surface area contributed by atoms with E-state index in [1.165, 1.54) is 19.3 Å². The Bertz CT molecular complexity index is 773. The van der Waals surface area contributed by atoms with E-state index in [9.17, 15) is 9.59 Å². The number of aliphatic carboxylic acids is 1. The second kappa shape index (κ2) is 7.21. The predicted molar refractivity (Wildman–Crippen MR) is 91.1 cm³/mol. The Morgan fingerprint density at radius 1 is 1.21 bits per heavy atom. The SMILES string of the molecule is O=C(O)Cn1nc(-c2ccc(Cl)cc2)n(CC2CCCCC2)c1=O. The second-order valence-electron chi connectivity index (χ2n) is 6.28. The normalized spacial score (nSPS) is 15.5. The van der Waals surface area contributed by atoms with Crippen molar-refractivity contribution < 1.29 is 9.90 Å². The van der Waals surface area contributed by atoms with Gasteiger partial charge in [-0.05, 0) is 43.0 Å². The van der Waals surface area contributed by atoms with Crippen LogP contribution in [0.4, 0.5) is 0 Å². The van der Waals surface area contributed by atoms with Crippen LogP contribution in [0.2, 0.25) is 5.02 Å². The molecule has 1 aromatic carbocycles. The summed E-state index contributed by atoms with van der Waals surface area (Å²) in [7, 11) is 0. The Morgan fingerprint density at radius 2 is 1.88 bits per heavy atom. The lowest BCUT2D eigenvalue weighted by molar-refractivity contribution is -0.137. The molecule has 1 N–H and O–H groups in total. The standard InChI is InChI=1S/C17H20ClN3O3/c18-14-8-6-13(7-9-14)16-19-21(11-15(22)23)17(24)20(16)10-12-4-2-1-3-5-12/h6-9,12H,1-5,10-11H2,(H,22,23). The van der Waals surface area contributed by atoms with Crippen molar-refractivity contribution in [1.82, 2.24) is 14.3 Å². The summed E-state index contributed by atoms with van der Waals surface area (Å²) in [6, 6.07) is 7.07.